The SMILES string of the molecule is CCC(=O)N1CCN(Cc2nc3cc(NC(=O)c4ccccc4Cl)ccc3n2CC)CC1. The molecule has 1 aliphatic heterocycles. The van der Waals surface area contributed by atoms with Crippen LogP contribution in [0.2, 0.25) is 5.02 Å². The number of amides is 2. The second-order valence-corrected chi connectivity index (χ2v) is 8.33. The van der Waals surface area contributed by atoms with Gasteiger partial charge >= 0.3 is 0 Å². The molecule has 0 bridgehead atoms. The number of nitrogens with one attached hydrogen (secondary N) is 1. The Bertz CT molecular complexity index is 1130. The normalized spacial score (nSPS) is 14.7. The molecule has 0 atom stereocenters. The molecule has 0 radical (unpaired) electrons. The zero-order valence-corrected chi connectivity index (χ0v) is 19.2. The first-order valence-electron chi connectivity index (χ1n) is 11.0. The standard InChI is InChI=1S/C24H28ClN5O2/c1-3-23(31)29-13-11-28(12-14-29)16-22-27-20-15-17(9-10-21(20)30(22)4-2)26-24(32)18-7-5-6-8-19(18)25/h5-10,15H,3-4,11-14,16H2,1-2H3,(H,26,32). The highest BCUT2D eigenvalue weighted by Crippen LogP contribution is 2.23. The van der Waals surface area contributed by atoms with E-state index in [1.807, 2.05) is 30.0 Å². The van der Waals surface area contributed by atoms with E-state index < -0.39 is 0 Å². The number of carbonyl (C=O) groups is 2. The quantitative estimate of drug-likeness (QED) is 0.612. The van der Waals surface area contributed by atoms with Crippen LogP contribution in [0.25, 0.3) is 11.0 Å². The van der Waals surface area contributed by atoms with Gasteiger partial charge in [-0.15, -0.1) is 0 Å². The molecule has 0 saturated carbocycles. The van der Waals surface area contributed by atoms with Gasteiger partial charge < -0.3 is 14.8 Å². The van der Waals surface area contributed by atoms with Gasteiger partial charge in [-0.1, -0.05) is 30.7 Å². The fraction of sp³-hybridized carbons (Fsp3) is 0.375. The molecule has 8 heteroatoms. The van der Waals surface area contributed by atoms with Crippen LogP contribution in [0, 0.1) is 0 Å². The average Bonchev–Trinajstić information content (AvgIpc) is 3.15. The van der Waals surface area contributed by atoms with Gasteiger partial charge in [0.25, 0.3) is 5.91 Å². The maximum atomic E-state index is 12.6. The van der Waals surface area contributed by atoms with E-state index in [1.165, 1.54) is 0 Å². The summed E-state index contributed by atoms with van der Waals surface area (Å²) in [5.41, 5.74) is 3.01. The molecule has 0 aliphatic carbocycles. The lowest BCUT2D eigenvalue weighted by atomic mass is 10.2. The average molecular weight is 454 g/mol. The Labute approximate surface area is 193 Å². The third-order valence-corrected chi connectivity index (χ3v) is 6.24. The fourth-order valence-electron chi connectivity index (χ4n) is 4.15. The van der Waals surface area contributed by atoms with E-state index in [1.54, 1.807) is 24.3 Å². The third-order valence-electron chi connectivity index (χ3n) is 5.91. The molecule has 3 aromatic rings. The Morgan fingerprint density at radius 1 is 1.06 bits per heavy atom. The van der Waals surface area contributed by atoms with Crippen molar-refractivity contribution in [2.75, 3.05) is 31.5 Å². The topological polar surface area (TPSA) is 70.5 Å². The van der Waals surface area contributed by atoms with E-state index in [0.29, 0.717) is 22.7 Å². The summed E-state index contributed by atoms with van der Waals surface area (Å²) in [5, 5.41) is 3.34. The summed E-state index contributed by atoms with van der Waals surface area (Å²) in [7, 11) is 0. The lowest BCUT2D eigenvalue weighted by Gasteiger charge is -2.34. The van der Waals surface area contributed by atoms with Crippen molar-refractivity contribution < 1.29 is 9.59 Å². The van der Waals surface area contributed by atoms with Gasteiger partial charge in [0.2, 0.25) is 5.91 Å². The van der Waals surface area contributed by atoms with Gasteiger partial charge in [0.15, 0.2) is 0 Å². The first-order valence-corrected chi connectivity index (χ1v) is 11.4. The first kappa shape index (κ1) is 22.3. The van der Waals surface area contributed by atoms with Crippen molar-refractivity contribution in [2.24, 2.45) is 0 Å². The predicted molar refractivity (Wildman–Crippen MR) is 127 cm³/mol. The van der Waals surface area contributed by atoms with Gasteiger partial charge in [-0.2, -0.15) is 0 Å². The van der Waals surface area contributed by atoms with Crippen LogP contribution in [0.5, 0.6) is 0 Å². The second kappa shape index (κ2) is 9.71. The summed E-state index contributed by atoms with van der Waals surface area (Å²) in [6.45, 7) is 8.77. The number of benzene rings is 2. The number of rotatable bonds is 6. The first-order chi connectivity index (χ1) is 15.5. The van der Waals surface area contributed by atoms with Crippen molar-refractivity contribution in [1.29, 1.82) is 0 Å². The van der Waals surface area contributed by atoms with Gasteiger partial charge in [0.05, 0.1) is 28.2 Å². The number of anilines is 1. The minimum atomic E-state index is -0.246. The summed E-state index contributed by atoms with van der Waals surface area (Å²) in [6.07, 6.45) is 0.557. The summed E-state index contributed by atoms with van der Waals surface area (Å²) in [4.78, 5) is 33.7. The molecule has 1 saturated heterocycles. The monoisotopic (exact) mass is 453 g/mol. The van der Waals surface area contributed by atoms with Gasteiger partial charge in [-0.3, -0.25) is 14.5 Å². The van der Waals surface area contributed by atoms with Crippen molar-refractivity contribution in [2.45, 2.75) is 33.4 Å². The molecule has 1 fully saturated rings. The summed E-state index contributed by atoms with van der Waals surface area (Å²) >= 11 is 6.15. The van der Waals surface area contributed by atoms with Crippen LogP contribution in [-0.2, 0) is 17.9 Å². The summed E-state index contributed by atoms with van der Waals surface area (Å²) in [5.74, 6) is 0.966. The zero-order chi connectivity index (χ0) is 22.7. The van der Waals surface area contributed by atoms with Crippen LogP contribution in [0.15, 0.2) is 42.5 Å². The molecule has 1 N–H and O–H groups in total. The number of halogens is 1. The van der Waals surface area contributed by atoms with E-state index >= 15 is 0 Å². The predicted octanol–water partition coefficient (Wildman–Crippen LogP) is 4.02. The molecule has 2 amide bonds. The van der Waals surface area contributed by atoms with Crippen LogP contribution in [0.1, 0.15) is 36.5 Å². The van der Waals surface area contributed by atoms with Gasteiger partial charge in [-0.05, 0) is 37.3 Å². The van der Waals surface area contributed by atoms with Crippen LogP contribution < -0.4 is 5.32 Å². The van der Waals surface area contributed by atoms with E-state index in [9.17, 15) is 9.59 Å². The van der Waals surface area contributed by atoms with Crippen molar-refractivity contribution >= 4 is 40.1 Å². The number of aryl methyl sites for hydroxylation is 1. The Kier molecular flexibility index (Phi) is 6.77. The van der Waals surface area contributed by atoms with Crippen LogP contribution in [0.3, 0.4) is 0 Å². The number of hydrogen-bond donors (Lipinski definition) is 1. The second-order valence-electron chi connectivity index (χ2n) is 7.92. The Hall–Kier alpha value is -2.90. The highest BCUT2D eigenvalue weighted by molar-refractivity contribution is 6.34. The van der Waals surface area contributed by atoms with Crippen molar-refractivity contribution in [3.8, 4) is 0 Å². The molecule has 0 spiro atoms. The minimum absolute atomic E-state index is 0.219. The Balaban J connectivity index is 1.50. The number of carbonyl (C=O) groups excluding carboxylic acids is 2. The number of imidazole rings is 1. The smallest absolute Gasteiger partial charge is 0.257 e. The van der Waals surface area contributed by atoms with Crippen molar-refractivity contribution in [3.63, 3.8) is 0 Å². The minimum Gasteiger partial charge on any atom is -0.340 e. The molecule has 2 heterocycles. The van der Waals surface area contributed by atoms with Crippen LogP contribution in [-0.4, -0.2) is 57.3 Å². The summed E-state index contributed by atoms with van der Waals surface area (Å²) in [6, 6.07) is 12.8. The maximum Gasteiger partial charge on any atom is 0.257 e. The number of hydrogen-bond acceptors (Lipinski definition) is 4. The number of fused-ring (bicyclic) bond motifs is 1. The fourth-order valence-corrected chi connectivity index (χ4v) is 4.38. The summed E-state index contributed by atoms with van der Waals surface area (Å²) < 4.78 is 2.21. The van der Waals surface area contributed by atoms with E-state index in [2.05, 4.69) is 21.7 Å². The molecule has 1 aromatic heterocycles. The third kappa shape index (κ3) is 4.64. The van der Waals surface area contributed by atoms with E-state index in [0.717, 1.165) is 56.1 Å². The van der Waals surface area contributed by atoms with Crippen molar-refractivity contribution in [1.82, 2.24) is 19.4 Å². The van der Waals surface area contributed by atoms with Crippen molar-refractivity contribution in [3.05, 3.63) is 58.9 Å². The molecule has 1 aliphatic rings. The molecule has 32 heavy (non-hydrogen) atoms. The maximum absolute atomic E-state index is 12.6. The van der Waals surface area contributed by atoms with Gasteiger partial charge in [0, 0.05) is 44.8 Å². The van der Waals surface area contributed by atoms with Crippen LogP contribution >= 0.6 is 11.6 Å². The van der Waals surface area contributed by atoms with Gasteiger partial charge in [-0.25, -0.2) is 4.98 Å². The lowest BCUT2D eigenvalue weighted by Crippen LogP contribution is -2.48. The Morgan fingerprint density at radius 3 is 2.50 bits per heavy atom. The highest BCUT2D eigenvalue weighted by Gasteiger charge is 2.22. The van der Waals surface area contributed by atoms with Crippen LogP contribution in [0.4, 0.5) is 5.69 Å². The molecule has 7 nitrogen and oxygen atoms in total. The van der Waals surface area contributed by atoms with E-state index in [4.69, 9.17) is 16.6 Å². The molecule has 4 rings (SSSR count). The van der Waals surface area contributed by atoms with E-state index in [-0.39, 0.29) is 11.8 Å². The largest absolute Gasteiger partial charge is 0.340 e. The zero-order valence-electron chi connectivity index (χ0n) is 18.5. The Morgan fingerprint density at radius 2 is 1.81 bits per heavy atom. The van der Waals surface area contributed by atoms with Gasteiger partial charge in [0.1, 0.15) is 5.82 Å². The molecular weight excluding hydrogens is 426 g/mol. The lowest BCUT2D eigenvalue weighted by molar-refractivity contribution is -0.132. The highest BCUT2D eigenvalue weighted by atomic mass is 35.5. The molecule has 0 unspecified atom stereocenters. The number of aromatic nitrogens is 2. The number of nitrogens with zero attached hydrogens (tertiary/aromatic N) is 4. The molecule has 2 aromatic carbocycles. The molecular formula is C24H28ClN5O2. The number of piperazine rings is 1. The molecule has 168 valence electrons.